The molecule has 2 aromatic heterocycles. The Morgan fingerprint density at radius 2 is 1.94 bits per heavy atom. The summed E-state index contributed by atoms with van der Waals surface area (Å²) in [6, 6.07) is 4.53. The number of aromatic nitrogens is 3. The quantitative estimate of drug-likeness (QED) is 0.788. The smallest absolute Gasteiger partial charge is 0.0814 e. The fraction of sp³-hybridized carbons (Fsp3) is 0.385. The maximum Gasteiger partial charge on any atom is 0.0814 e. The summed E-state index contributed by atoms with van der Waals surface area (Å²) >= 11 is 0. The van der Waals surface area contributed by atoms with E-state index in [-0.39, 0.29) is 0 Å². The first kappa shape index (κ1) is 10.5. The van der Waals surface area contributed by atoms with Gasteiger partial charge in [0, 0.05) is 43.3 Å². The van der Waals surface area contributed by atoms with Crippen LogP contribution in [0.1, 0.15) is 25.1 Å². The molecule has 0 amide bonds. The lowest BCUT2D eigenvalue weighted by molar-refractivity contribution is 0.224. The van der Waals surface area contributed by atoms with Crippen LogP contribution in [0, 0.1) is 0 Å². The molecule has 0 saturated carbocycles. The first-order valence-electron chi connectivity index (χ1n) is 5.96. The summed E-state index contributed by atoms with van der Waals surface area (Å²) in [7, 11) is 0. The first-order chi connectivity index (χ1) is 8.24. The lowest BCUT2D eigenvalue weighted by Gasteiger charge is -2.19. The summed E-state index contributed by atoms with van der Waals surface area (Å²) in [4.78, 5) is 6.45. The van der Waals surface area contributed by atoms with Crippen molar-refractivity contribution in [3.8, 4) is 5.69 Å². The van der Waals surface area contributed by atoms with E-state index in [0.29, 0.717) is 6.04 Å². The minimum Gasteiger partial charge on any atom is -0.291 e. The van der Waals surface area contributed by atoms with Gasteiger partial charge in [-0.05, 0) is 26.0 Å². The molecular formula is C13H16N4. The molecule has 0 radical (unpaired) electrons. The molecule has 1 aliphatic rings. The number of fused-ring (bicyclic) bond motifs is 1. The van der Waals surface area contributed by atoms with Crippen molar-refractivity contribution in [2.24, 2.45) is 0 Å². The molecule has 3 heterocycles. The van der Waals surface area contributed by atoms with E-state index in [4.69, 9.17) is 0 Å². The summed E-state index contributed by atoms with van der Waals surface area (Å²) in [5.41, 5.74) is 3.62. The topological polar surface area (TPSA) is 34.0 Å². The highest BCUT2D eigenvalue weighted by atomic mass is 15.3. The molecule has 0 saturated heterocycles. The van der Waals surface area contributed by atoms with Crippen LogP contribution in [0.5, 0.6) is 0 Å². The molecule has 0 bridgehead atoms. The Balaban J connectivity index is 1.88. The van der Waals surface area contributed by atoms with Crippen LogP contribution in [0.25, 0.3) is 5.69 Å². The maximum atomic E-state index is 4.64. The Morgan fingerprint density at radius 1 is 1.18 bits per heavy atom. The van der Waals surface area contributed by atoms with Gasteiger partial charge in [-0.25, -0.2) is 4.68 Å². The number of nitrogens with zero attached hydrogens (tertiary/aromatic N) is 4. The molecule has 1 aliphatic heterocycles. The van der Waals surface area contributed by atoms with E-state index in [0.717, 1.165) is 18.8 Å². The van der Waals surface area contributed by atoms with Crippen LogP contribution in [-0.2, 0) is 13.1 Å². The van der Waals surface area contributed by atoms with E-state index >= 15 is 0 Å². The largest absolute Gasteiger partial charge is 0.291 e. The normalized spacial score (nSPS) is 15.5. The Hall–Kier alpha value is -1.68. The summed E-state index contributed by atoms with van der Waals surface area (Å²) in [5.74, 6) is 0. The Kier molecular flexibility index (Phi) is 2.44. The van der Waals surface area contributed by atoms with Crippen LogP contribution in [0.4, 0.5) is 0 Å². The van der Waals surface area contributed by atoms with Crippen LogP contribution in [0.15, 0.2) is 30.7 Å². The average molecular weight is 228 g/mol. The molecular weight excluding hydrogens is 212 g/mol. The summed E-state index contributed by atoms with van der Waals surface area (Å²) in [5, 5.41) is 4.64. The van der Waals surface area contributed by atoms with Gasteiger partial charge in [-0.1, -0.05) is 0 Å². The third kappa shape index (κ3) is 1.85. The molecule has 3 rings (SSSR count). The molecule has 0 spiro atoms. The first-order valence-corrected chi connectivity index (χ1v) is 5.96. The monoisotopic (exact) mass is 228 g/mol. The van der Waals surface area contributed by atoms with Gasteiger partial charge in [0.2, 0.25) is 0 Å². The van der Waals surface area contributed by atoms with Gasteiger partial charge in [0.15, 0.2) is 0 Å². The zero-order valence-electron chi connectivity index (χ0n) is 10.2. The van der Waals surface area contributed by atoms with E-state index in [2.05, 4.69) is 35.0 Å². The summed E-state index contributed by atoms with van der Waals surface area (Å²) < 4.78 is 1.95. The average Bonchev–Trinajstić information content (AvgIpc) is 2.87. The van der Waals surface area contributed by atoms with E-state index in [1.54, 1.807) is 12.4 Å². The van der Waals surface area contributed by atoms with Crippen molar-refractivity contribution in [2.45, 2.75) is 33.0 Å². The lowest BCUT2D eigenvalue weighted by atomic mass is 10.3. The molecule has 0 aromatic carbocycles. The Morgan fingerprint density at radius 3 is 2.59 bits per heavy atom. The Labute approximate surface area is 101 Å². The molecule has 4 heteroatoms. The van der Waals surface area contributed by atoms with Gasteiger partial charge in [0.05, 0.1) is 11.4 Å². The van der Waals surface area contributed by atoms with E-state index in [1.807, 2.05) is 16.8 Å². The Bertz CT molecular complexity index is 492. The maximum absolute atomic E-state index is 4.64. The summed E-state index contributed by atoms with van der Waals surface area (Å²) in [6.07, 6.45) is 5.72. The number of hydrogen-bond acceptors (Lipinski definition) is 3. The van der Waals surface area contributed by atoms with Crippen molar-refractivity contribution >= 4 is 0 Å². The predicted octanol–water partition coefficient (Wildman–Crippen LogP) is 1.99. The van der Waals surface area contributed by atoms with Crippen molar-refractivity contribution < 1.29 is 0 Å². The highest BCUT2D eigenvalue weighted by molar-refractivity contribution is 5.32. The van der Waals surface area contributed by atoms with Crippen molar-refractivity contribution in [1.29, 1.82) is 0 Å². The zero-order chi connectivity index (χ0) is 11.8. The highest BCUT2D eigenvalue weighted by Crippen LogP contribution is 2.24. The lowest BCUT2D eigenvalue weighted by Crippen LogP contribution is -2.25. The predicted molar refractivity (Wildman–Crippen MR) is 65.7 cm³/mol. The molecule has 2 aromatic rings. The molecule has 4 nitrogen and oxygen atoms in total. The second-order valence-electron chi connectivity index (χ2n) is 4.75. The molecule has 17 heavy (non-hydrogen) atoms. The van der Waals surface area contributed by atoms with Crippen LogP contribution < -0.4 is 0 Å². The van der Waals surface area contributed by atoms with Crippen LogP contribution in [0.2, 0.25) is 0 Å². The second-order valence-corrected chi connectivity index (χ2v) is 4.75. The number of pyridine rings is 1. The molecule has 88 valence electrons. The van der Waals surface area contributed by atoms with Crippen LogP contribution in [0.3, 0.4) is 0 Å². The van der Waals surface area contributed by atoms with Crippen LogP contribution >= 0.6 is 0 Å². The van der Waals surface area contributed by atoms with Crippen LogP contribution in [-0.4, -0.2) is 25.7 Å². The second kappa shape index (κ2) is 3.96. The molecule has 0 N–H and O–H groups in total. The van der Waals surface area contributed by atoms with Gasteiger partial charge < -0.3 is 0 Å². The van der Waals surface area contributed by atoms with Gasteiger partial charge >= 0.3 is 0 Å². The minimum atomic E-state index is 0.582. The van der Waals surface area contributed by atoms with Crippen molar-refractivity contribution in [3.63, 3.8) is 0 Å². The molecule has 0 fully saturated rings. The third-order valence-corrected chi connectivity index (χ3v) is 3.26. The fourth-order valence-corrected chi connectivity index (χ4v) is 2.17. The van der Waals surface area contributed by atoms with Crippen molar-refractivity contribution in [2.75, 3.05) is 0 Å². The van der Waals surface area contributed by atoms with Gasteiger partial charge in [-0.2, -0.15) is 5.10 Å². The van der Waals surface area contributed by atoms with E-state index in [9.17, 15) is 0 Å². The van der Waals surface area contributed by atoms with Crippen molar-refractivity contribution in [3.05, 3.63) is 42.0 Å². The summed E-state index contributed by atoms with van der Waals surface area (Å²) in [6.45, 7) is 6.43. The van der Waals surface area contributed by atoms with Crippen molar-refractivity contribution in [1.82, 2.24) is 19.7 Å². The van der Waals surface area contributed by atoms with Gasteiger partial charge in [0.1, 0.15) is 0 Å². The number of hydrogen-bond donors (Lipinski definition) is 0. The van der Waals surface area contributed by atoms with Gasteiger partial charge in [0.25, 0.3) is 0 Å². The standard InChI is InChI=1S/C13H16N4/c1-10(2)16-7-11-8-17(15-13(11)9-16)12-3-5-14-6-4-12/h3-6,8,10H,7,9H2,1-2H3. The highest BCUT2D eigenvalue weighted by Gasteiger charge is 2.24. The van der Waals surface area contributed by atoms with E-state index < -0.39 is 0 Å². The molecule has 0 aliphatic carbocycles. The molecule has 0 unspecified atom stereocenters. The van der Waals surface area contributed by atoms with E-state index in [1.165, 1.54) is 11.3 Å². The van der Waals surface area contributed by atoms with Gasteiger partial charge in [-0.15, -0.1) is 0 Å². The molecule has 0 atom stereocenters. The fourth-order valence-electron chi connectivity index (χ4n) is 2.17. The minimum absolute atomic E-state index is 0.582. The number of rotatable bonds is 2. The SMILES string of the molecule is CC(C)N1Cc2cn(-c3ccncc3)nc2C1. The third-order valence-electron chi connectivity index (χ3n) is 3.26. The van der Waals surface area contributed by atoms with Gasteiger partial charge in [-0.3, -0.25) is 9.88 Å². The zero-order valence-corrected chi connectivity index (χ0v) is 10.2.